The quantitative estimate of drug-likeness (QED) is 0.420. The molecule has 166 valence electrons. The molecule has 0 aliphatic heterocycles. The summed E-state index contributed by atoms with van der Waals surface area (Å²) in [5.41, 5.74) is 0. The second kappa shape index (κ2) is 63.7. The molecule has 0 heterocycles. The Labute approximate surface area is 180 Å². The number of hydrogen-bond acceptors (Lipinski definition) is 4. The summed E-state index contributed by atoms with van der Waals surface area (Å²) in [5, 5.41) is 38.1. The van der Waals surface area contributed by atoms with Crippen LogP contribution >= 0.6 is 0 Å². The first-order valence-corrected chi connectivity index (χ1v) is 10.4. The van der Waals surface area contributed by atoms with Gasteiger partial charge >= 0.3 is 0 Å². The minimum absolute atomic E-state index is 0. The molecule has 5 heteroatoms. The molecule has 0 aromatic heterocycles. The molecular weight excluding hydrogens is 500 g/mol. The number of unbranched alkanes of at least 4 members (excludes halogenated alkanes) is 6. The van der Waals surface area contributed by atoms with E-state index in [4.69, 9.17) is 0 Å². The average Bonchev–Trinajstić information content (AvgIpc) is 2.61. The first kappa shape index (κ1) is 41.0. The Morgan fingerprint density at radius 1 is 0.346 bits per heavy atom. The van der Waals surface area contributed by atoms with Gasteiger partial charge in [0.05, 0.1) is 0 Å². The molecule has 26 heavy (non-hydrogen) atoms. The van der Waals surface area contributed by atoms with Crippen LogP contribution in [0.2, 0.25) is 0 Å². The van der Waals surface area contributed by atoms with Crippen LogP contribution in [0, 0.1) is 0 Å². The molecule has 0 aromatic carbocycles. The van der Waals surface area contributed by atoms with Gasteiger partial charge in [-0.1, -0.05) is 112 Å². The molecule has 0 unspecified atom stereocenters. The molecule has 0 spiro atoms. The fourth-order valence-electron chi connectivity index (χ4n) is 0.931. The van der Waals surface area contributed by atoms with Gasteiger partial charge in [0, 0.05) is 21.1 Å². The maximum Gasteiger partial charge on any atom is 0 e. The Bertz CT molecular complexity index is 94.4. The maximum absolute atomic E-state index is 9.53. The maximum atomic E-state index is 9.53. The van der Waals surface area contributed by atoms with Crippen molar-refractivity contribution >= 4 is 0 Å². The molecular formula is C21H48O4W-4. The molecule has 0 saturated heterocycles. The third-order valence-electron chi connectivity index (χ3n) is 2.70. The Morgan fingerprint density at radius 2 is 0.500 bits per heavy atom. The summed E-state index contributed by atoms with van der Waals surface area (Å²) in [6.07, 6.45) is 11.5. The predicted octanol–water partition coefficient (Wildman–Crippen LogP) is 2.78. The first-order valence-electron chi connectivity index (χ1n) is 10.4. The first-order chi connectivity index (χ1) is 12.1. The minimum Gasteiger partial charge on any atom is -0.854 e. The van der Waals surface area contributed by atoms with Gasteiger partial charge in [0.25, 0.3) is 0 Å². The zero-order valence-corrected chi connectivity index (χ0v) is 21.6. The Hall–Kier alpha value is 0.528. The van der Waals surface area contributed by atoms with Crippen molar-refractivity contribution in [2.45, 2.75) is 112 Å². The van der Waals surface area contributed by atoms with E-state index >= 15 is 0 Å². The molecule has 0 radical (unpaired) electrons. The largest absolute Gasteiger partial charge is 0.854 e. The summed E-state index contributed by atoms with van der Waals surface area (Å²) in [6.45, 7) is 12.8. The summed E-state index contributed by atoms with van der Waals surface area (Å²) in [7, 11) is 0. The Balaban J connectivity index is -0.0000000476. The van der Waals surface area contributed by atoms with E-state index < -0.39 is 0 Å². The Morgan fingerprint density at radius 3 is 0.500 bits per heavy atom. The summed E-state index contributed by atoms with van der Waals surface area (Å²) in [5.74, 6) is 0. The Kier molecular flexibility index (Phi) is 101. The van der Waals surface area contributed by atoms with Crippen LogP contribution in [0.3, 0.4) is 0 Å². The van der Waals surface area contributed by atoms with Gasteiger partial charge in [0.15, 0.2) is 0 Å². The van der Waals surface area contributed by atoms with E-state index in [1.807, 2.05) is 27.7 Å². The van der Waals surface area contributed by atoms with Crippen molar-refractivity contribution in [1.82, 2.24) is 0 Å². The molecule has 0 saturated carbocycles. The summed E-state index contributed by atoms with van der Waals surface area (Å²) in [6, 6.07) is 0. The molecule has 0 atom stereocenters. The van der Waals surface area contributed by atoms with Gasteiger partial charge in [-0.25, -0.2) is 0 Å². The minimum atomic E-state index is 0. The van der Waals surface area contributed by atoms with E-state index in [-0.39, 0.29) is 47.5 Å². The van der Waals surface area contributed by atoms with E-state index in [0.717, 1.165) is 51.4 Å². The molecule has 0 rings (SSSR count). The fraction of sp³-hybridized carbons (Fsp3) is 1.00. The van der Waals surface area contributed by atoms with Crippen LogP contribution in [0.5, 0.6) is 0 Å². The summed E-state index contributed by atoms with van der Waals surface area (Å²) < 4.78 is 0. The van der Waals surface area contributed by atoms with Crippen LogP contribution in [0.4, 0.5) is 0 Å². The second-order valence-electron chi connectivity index (χ2n) is 5.58. The van der Waals surface area contributed by atoms with Crippen molar-refractivity contribution in [3.8, 4) is 0 Å². The van der Waals surface area contributed by atoms with E-state index in [1.165, 1.54) is 19.3 Å². The fourth-order valence-corrected chi connectivity index (χ4v) is 0.931. The molecule has 0 aliphatic rings. The predicted molar refractivity (Wildman–Crippen MR) is 104 cm³/mol. The van der Waals surface area contributed by atoms with Crippen molar-refractivity contribution < 1.29 is 41.5 Å². The normalized spacial score (nSPS) is 8.08. The second-order valence-corrected chi connectivity index (χ2v) is 5.58. The van der Waals surface area contributed by atoms with Gasteiger partial charge in [-0.05, 0) is 0 Å². The van der Waals surface area contributed by atoms with Gasteiger partial charge in [-0.15, -0.1) is 26.4 Å². The van der Waals surface area contributed by atoms with Crippen LogP contribution in [0.15, 0.2) is 0 Å². The zero-order valence-electron chi connectivity index (χ0n) is 18.6. The third kappa shape index (κ3) is 122. The van der Waals surface area contributed by atoms with Gasteiger partial charge in [0.2, 0.25) is 0 Å². The molecule has 0 bridgehead atoms. The van der Waals surface area contributed by atoms with Gasteiger partial charge in [0.1, 0.15) is 0 Å². The van der Waals surface area contributed by atoms with Crippen molar-refractivity contribution in [1.29, 1.82) is 0 Å². The molecule has 0 fully saturated rings. The summed E-state index contributed by atoms with van der Waals surface area (Å²) >= 11 is 0. The molecule has 0 N–H and O–H groups in total. The van der Waals surface area contributed by atoms with Crippen LogP contribution in [-0.4, -0.2) is 26.4 Å². The molecule has 0 amide bonds. The van der Waals surface area contributed by atoms with Gasteiger partial charge < -0.3 is 20.4 Å². The summed E-state index contributed by atoms with van der Waals surface area (Å²) in [4.78, 5) is 0. The van der Waals surface area contributed by atoms with Crippen molar-refractivity contribution in [2.75, 3.05) is 26.4 Å². The molecule has 4 nitrogen and oxygen atoms in total. The van der Waals surface area contributed by atoms with Crippen LogP contribution in [-0.2, 0) is 21.1 Å². The van der Waals surface area contributed by atoms with E-state index in [9.17, 15) is 20.4 Å². The van der Waals surface area contributed by atoms with Gasteiger partial charge in [-0.3, -0.25) is 0 Å². The topological polar surface area (TPSA) is 92.2 Å². The molecule has 0 aliphatic carbocycles. The van der Waals surface area contributed by atoms with E-state index in [2.05, 4.69) is 13.8 Å². The van der Waals surface area contributed by atoms with Crippen molar-refractivity contribution in [3.05, 3.63) is 0 Å². The standard InChI is InChI=1S/C5H12.4C4H9O.W/c1-3-5-4-2;4*1-2-3-4-5;/h3-5H2,1-2H3;4*2-4H2,1H3;/q;4*-1;. The SMILES string of the molecule is CCCCC.CCCC[O-].CCCC[O-].CCCC[O-].CCCC[O-].[W]. The number of hydrogen-bond donors (Lipinski definition) is 0. The van der Waals surface area contributed by atoms with E-state index in [1.54, 1.807) is 0 Å². The van der Waals surface area contributed by atoms with Crippen molar-refractivity contribution in [3.63, 3.8) is 0 Å². The zero-order chi connectivity index (χ0) is 20.6. The smallest absolute Gasteiger partial charge is 0 e. The van der Waals surface area contributed by atoms with Crippen LogP contribution in [0.1, 0.15) is 112 Å². The molecule has 0 aromatic rings. The van der Waals surface area contributed by atoms with Crippen LogP contribution in [0.25, 0.3) is 0 Å². The monoisotopic (exact) mass is 548 g/mol. The van der Waals surface area contributed by atoms with Crippen molar-refractivity contribution in [2.24, 2.45) is 0 Å². The average molecular weight is 548 g/mol. The van der Waals surface area contributed by atoms with Crippen LogP contribution < -0.4 is 20.4 Å². The van der Waals surface area contributed by atoms with Gasteiger partial charge in [-0.2, -0.15) is 0 Å². The van der Waals surface area contributed by atoms with E-state index in [0.29, 0.717) is 0 Å². The third-order valence-corrected chi connectivity index (χ3v) is 2.70. The number of rotatable bonds is 10.